The lowest BCUT2D eigenvalue weighted by Crippen LogP contribution is -2.49. The van der Waals surface area contributed by atoms with Gasteiger partial charge in [0.05, 0.1) is 29.8 Å². The molecular weight excluding hydrogens is 588 g/mol. The minimum Gasteiger partial charge on any atom is -0.463 e. The molecule has 5 aromatic rings. The fourth-order valence-corrected chi connectivity index (χ4v) is 7.19. The van der Waals surface area contributed by atoms with Crippen LogP contribution in [0.2, 0.25) is 0 Å². The van der Waals surface area contributed by atoms with E-state index in [0.717, 1.165) is 44.7 Å². The van der Waals surface area contributed by atoms with Crippen LogP contribution in [0.25, 0.3) is 16.7 Å². The Morgan fingerprint density at radius 1 is 0.729 bits per heavy atom. The summed E-state index contributed by atoms with van der Waals surface area (Å²) >= 11 is 0. The second-order valence-electron chi connectivity index (χ2n) is 12.5. The summed E-state index contributed by atoms with van der Waals surface area (Å²) in [5.74, 6) is -0.324. The molecule has 7 rings (SSSR count). The number of esters is 1. The van der Waals surface area contributed by atoms with Gasteiger partial charge in [-0.05, 0) is 70.9 Å². The molecular formula is C44H40N2O2. The highest BCUT2D eigenvalue weighted by atomic mass is 16.5. The molecule has 2 aliphatic rings. The third-order valence-electron chi connectivity index (χ3n) is 9.57. The average molecular weight is 629 g/mol. The number of allylic oxidation sites excluding steroid dienone is 2. The topological polar surface area (TPSA) is 55.6 Å². The first-order valence-corrected chi connectivity index (χ1v) is 16.7. The summed E-state index contributed by atoms with van der Waals surface area (Å²) in [5.41, 5.74) is 15.9. The Hall–Kier alpha value is -5.45. The summed E-state index contributed by atoms with van der Waals surface area (Å²) in [4.78, 5) is 16.7. The van der Waals surface area contributed by atoms with Gasteiger partial charge in [-0.1, -0.05) is 152 Å². The number of carbonyl (C=O) groups is 1. The molecule has 5 aromatic carbocycles. The maximum Gasteiger partial charge on any atom is 0.336 e. The quantitative estimate of drug-likeness (QED) is 0.174. The van der Waals surface area contributed by atoms with E-state index < -0.39 is 11.6 Å². The first-order valence-electron chi connectivity index (χ1n) is 16.7. The number of carbonyl (C=O) groups excluding carboxylic acids is 1. The molecule has 238 valence electrons. The standard InChI is InChI=1S/C44H40N2O2/c1-2-48-43(47)41-39(44(45)29-27-35(28-30-44)33-17-9-4-10-18-33)31-40(36-19-11-5-12-20-36)46(42(41)37-21-13-6-14-22-37)38-25-23-34(24-26-38)32-15-7-3-8-16-32/h3-29,40,42H,2,30-31,45H2,1H3. The molecule has 0 radical (unpaired) electrons. The van der Waals surface area contributed by atoms with E-state index in [0.29, 0.717) is 18.4 Å². The highest BCUT2D eigenvalue weighted by molar-refractivity contribution is 5.94. The first kappa shape index (κ1) is 31.2. The van der Waals surface area contributed by atoms with E-state index in [2.05, 4.69) is 120 Å². The summed E-state index contributed by atoms with van der Waals surface area (Å²) in [5, 5.41) is 0. The molecule has 0 bridgehead atoms. The Morgan fingerprint density at radius 3 is 1.83 bits per heavy atom. The predicted octanol–water partition coefficient (Wildman–Crippen LogP) is 9.65. The number of benzene rings is 5. The number of nitrogens with zero attached hydrogens (tertiary/aromatic N) is 1. The van der Waals surface area contributed by atoms with Gasteiger partial charge in [0.25, 0.3) is 0 Å². The van der Waals surface area contributed by atoms with Gasteiger partial charge in [0, 0.05) is 5.69 Å². The van der Waals surface area contributed by atoms with E-state index in [1.807, 2.05) is 55.5 Å². The zero-order valence-electron chi connectivity index (χ0n) is 27.2. The highest BCUT2D eigenvalue weighted by Crippen LogP contribution is 2.51. The lowest BCUT2D eigenvalue weighted by atomic mass is 9.71. The monoisotopic (exact) mass is 628 g/mol. The molecule has 3 unspecified atom stereocenters. The Balaban J connectivity index is 1.42. The summed E-state index contributed by atoms with van der Waals surface area (Å²) in [6, 6.07) is 49.8. The molecule has 0 fully saturated rings. The van der Waals surface area contributed by atoms with Crippen LogP contribution in [-0.4, -0.2) is 18.1 Å². The molecule has 48 heavy (non-hydrogen) atoms. The minimum absolute atomic E-state index is 0.0968. The van der Waals surface area contributed by atoms with E-state index in [-0.39, 0.29) is 18.6 Å². The number of anilines is 1. The summed E-state index contributed by atoms with van der Waals surface area (Å²) in [6.07, 6.45) is 7.55. The second-order valence-corrected chi connectivity index (χ2v) is 12.5. The molecule has 0 spiro atoms. The van der Waals surface area contributed by atoms with E-state index in [1.165, 1.54) is 0 Å². The molecule has 1 aliphatic heterocycles. The Kier molecular flexibility index (Phi) is 8.91. The third kappa shape index (κ3) is 6.15. The van der Waals surface area contributed by atoms with Crippen LogP contribution in [0.1, 0.15) is 48.5 Å². The van der Waals surface area contributed by atoms with Gasteiger partial charge in [-0.2, -0.15) is 0 Å². The van der Waals surface area contributed by atoms with Crippen molar-refractivity contribution in [3.8, 4) is 11.1 Å². The van der Waals surface area contributed by atoms with Crippen LogP contribution >= 0.6 is 0 Å². The van der Waals surface area contributed by atoms with Crippen LogP contribution in [0.15, 0.2) is 175 Å². The normalized spacial score (nSPS) is 20.7. The maximum atomic E-state index is 14.3. The fourth-order valence-electron chi connectivity index (χ4n) is 7.19. The number of nitrogens with two attached hydrogens (primary N) is 1. The van der Waals surface area contributed by atoms with Gasteiger partial charge in [-0.15, -0.1) is 0 Å². The van der Waals surface area contributed by atoms with Gasteiger partial charge >= 0.3 is 5.97 Å². The number of rotatable bonds is 8. The van der Waals surface area contributed by atoms with Crippen molar-refractivity contribution in [3.63, 3.8) is 0 Å². The molecule has 0 amide bonds. The van der Waals surface area contributed by atoms with Crippen LogP contribution in [0, 0.1) is 0 Å². The molecule has 4 nitrogen and oxygen atoms in total. The number of hydrogen-bond donors (Lipinski definition) is 1. The molecule has 3 atom stereocenters. The number of ether oxygens (including phenoxy) is 1. The lowest BCUT2D eigenvalue weighted by Gasteiger charge is -2.48. The molecule has 0 saturated heterocycles. The highest BCUT2D eigenvalue weighted by Gasteiger charge is 2.46. The SMILES string of the molecule is CCOC(=O)C1=C(C2(N)C=CC(c3ccccc3)=CC2)CC(c2ccccc2)N(c2ccc(-c3ccccc3)cc2)C1c1ccccc1. The van der Waals surface area contributed by atoms with Gasteiger partial charge in [0.15, 0.2) is 0 Å². The molecule has 4 heteroatoms. The van der Waals surface area contributed by atoms with Gasteiger partial charge in [0.1, 0.15) is 0 Å². The first-order chi connectivity index (χ1) is 23.6. The van der Waals surface area contributed by atoms with Crippen molar-refractivity contribution in [2.45, 2.75) is 37.4 Å². The van der Waals surface area contributed by atoms with Crippen molar-refractivity contribution < 1.29 is 9.53 Å². The van der Waals surface area contributed by atoms with Crippen molar-refractivity contribution in [2.24, 2.45) is 5.73 Å². The van der Waals surface area contributed by atoms with Crippen molar-refractivity contribution in [1.29, 1.82) is 0 Å². The Morgan fingerprint density at radius 2 is 1.27 bits per heavy atom. The van der Waals surface area contributed by atoms with Crippen LogP contribution in [-0.2, 0) is 9.53 Å². The van der Waals surface area contributed by atoms with Gasteiger partial charge in [-0.3, -0.25) is 0 Å². The van der Waals surface area contributed by atoms with Crippen LogP contribution in [0.5, 0.6) is 0 Å². The second kappa shape index (κ2) is 13.7. The van der Waals surface area contributed by atoms with E-state index in [9.17, 15) is 4.79 Å². The summed E-state index contributed by atoms with van der Waals surface area (Å²) < 4.78 is 5.87. The summed E-state index contributed by atoms with van der Waals surface area (Å²) in [7, 11) is 0. The van der Waals surface area contributed by atoms with Crippen molar-refractivity contribution in [2.75, 3.05) is 11.5 Å². The number of hydrogen-bond acceptors (Lipinski definition) is 4. The van der Waals surface area contributed by atoms with E-state index in [4.69, 9.17) is 10.5 Å². The van der Waals surface area contributed by atoms with Crippen LogP contribution in [0.4, 0.5) is 5.69 Å². The smallest absolute Gasteiger partial charge is 0.336 e. The average Bonchev–Trinajstić information content (AvgIpc) is 3.16. The van der Waals surface area contributed by atoms with Crippen molar-refractivity contribution in [1.82, 2.24) is 0 Å². The van der Waals surface area contributed by atoms with Gasteiger partial charge in [0.2, 0.25) is 0 Å². The molecule has 0 aromatic heterocycles. The molecule has 0 saturated carbocycles. The van der Waals surface area contributed by atoms with Crippen LogP contribution < -0.4 is 10.6 Å². The maximum absolute atomic E-state index is 14.3. The minimum atomic E-state index is -0.871. The van der Waals surface area contributed by atoms with E-state index >= 15 is 0 Å². The van der Waals surface area contributed by atoms with Gasteiger partial charge < -0.3 is 15.4 Å². The third-order valence-corrected chi connectivity index (χ3v) is 9.57. The molecule has 1 aliphatic carbocycles. The largest absolute Gasteiger partial charge is 0.463 e. The molecule has 1 heterocycles. The van der Waals surface area contributed by atoms with Crippen molar-refractivity contribution >= 4 is 17.2 Å². The zero-order valence-corrected chi connectivity index (χ0v) is 27.2. The molecule has 2 N–H and O–H groups in total. The predicted molar refractivity (Wildman–Crippen MR) is 196 cm³/mol. The Bertz CT molecular complexity index is 1950. The Labute approximate surface area is 283 Å². The fraction of sp³-hybridized carbons (Fsp3) is 0.159. The zero-order chi connectivity index (χ0) is 32.9. The van der Waals surface area contributed by atoms with Crippen molar-refractivity contribution in [3.05, 3.63) is 192 Å². The lowest BCUT2D eigenvalue weighted by molar-refractivity contribution is -0.139. The van der Waals surface area contributed by atoms with E-state index in [1.54, 1.807) is 0 Å². The summed E-state index contributed by atoms with van der Waals surface area (Å²) in [6.45, 7) is 2.13. The van der Waals surface area contributed by atoms with Crippen LogP contribution in [0.3, 0.4) is 0 Å². The van der Waals surface area contributed by atoms with Gasteiger partial charge in [-0.25, -0.2) is 4.79 Å².